The van der Waals surface area contributed by atoms with Crippen LogP contribution in [0, 0.1) is 5.92 Å². The van der Waals surface area contributed by atoms with Crippen molar-refractivity contribution in [3.05, 3.63) is 30.1 Å². The number of nitrogens with zero attached hydrogens (tertiary/aromatic N) is 1. The summed E-state index contributed by atoms with van der Waals surface area (Å²) in [5.41, 5.74) is 6.56. The van der Waals surface area contributed by atoms with Crippen LogP contribution >= 0.6 is 0 Å². The van der Waals surface area contributed by atoms with Gasteiger partial charge in [0, 0.05) is 24.9 Å². The van der Waals surface area contributed by atoms with Gasteiger partial charge in [-0.05, 0) is 37.4 Å². The first kappa shape index (κ1) is 13.6. The third kappa shape index (κ3) is 5.45. The Morgan fingerprint density at radius 2 is 2.41 bits per heavy atom. The van der Waals surface area contributed by atoms with Gasteiger partial charge < -0.3 is 11.1 Å². The Labute approximate surface area is 103 Å². The molecule has 1 aromatic heterocycles. The van der Waals surface area contributed by atoms with Gasteiger partial charge in [0.15, 0.2) is 0 Å². The molecular formula is C13H21N3O. The van der Waals surface area contributed by atoms with Gasteiger partial charge in [0.25, 0.3) is 0 Å². The van der Waals surface area contributed by atoms with Crippen LogP contribution in [0.3, 0.4) is 0 Å². The highest BCUT2D eigenvalue weighted by Crippen LogP contribution is 2.04. The van der Waals surface area contributed by atoms with Crippen molar-refractivity contribution in [2.75, 3.05) is 13.1 Å². The maximum Gasteiger partial charge on any atom is 0.222 e. The molecule has 0 aliphatic carbocycles. The van der Waals surface area contributed by atoms with E-state index in [1.54, 1.807) is 6.20 Å². The average Bonchev–Trinajstić information content (AvgIpc) is 2.37. The van der Waals surface area contributed by atoms with Crippen molar-refractivity contribution in [3.8, 4) is 0 Å². The highest BCUT2D eigenvalue weighted by molar-refractivity contribution is 5.78. The van der Waals surface area contributed by atoms with Crippen LogP contribution in [-0.4, -0.2) is 24.0 Å². The second-order valence-electron chi connectivity index (χ2n) is 4.23. The maximum absolute atomic E-state index is 11.7. The van der Waals surface area contributed by atoms with Crippen molar-refractivity contribution >= 4 is 5.91 Å². The number of hydrogen-bond acceptors (Lipinski definition) is 3. The molecule has 0 aliphatic rings. The van der Waals surface area contributed by atoms with Crippen LogP contribution in [-0.2, 0) is 11.2 Å². The molecular weight excluding hydrogens is 214 g/mol. The molecule has 94 valence electrons. The van der Waals surface area contributed by atoms with Crippen molar-refractivity contribution in [1.82, 2.24) is 10.3 Å². The number of carbonyl (C=O) groups is 1. The SMILES string of the molecule is CC(CCCN)C(=O)NCCc1cccnc1. The molecule has 1 atom stereocenters. The summed E-state index contributed by atoms with van der Waals surface area (Å²) in [6.45, 7) is 3.25. The third-order valence-corrected chi connectivity index (χ3v) is 2.72. The number of nitrogens with two attached hydrogens (primary N) is 1. The molecule has 0 radical (unpaired) electrons. The van der Waals surface area contributed by atoms with Crippen molar-refractivity contribution in [1.29, 1.82) is 0 Å². The van der Waals surface area contributed by atoms with E-state index < -0.39 is 0 Å². The zero-order chi connectivity index (χ0) is 12.5. The lowest BCUT2D eigenvalue weighted by Gasteiger charge is -2.11. The van der Waals surface area contributed by atoms with Crippen molar-refractivity contribution in [3.63, 3.8) is 0 Å². The molecule has 0 fully saturated rings. The minimum atomic E-state index is 0.0486. The Kier molecular flexibility index (Phi) is 6.25. The average molecular weight is 235 g/mol. The molecule has 0 aliphatic heterocycles. The summed E-state index contributed by atoms with van der Waals surface area (Å²) in [5, 5.41) is 2.93. The number of aromatic nitrogens is 1. The second-order valence-corrected chi connectivity index (χ2v) is 4.23. The predicted molar refractivity (Wildman–Crippen MR) is 68.4 cm³/mol. The molecule has 0 spiro atoms. The standard InChI is InChI=1S/C13H21N3O/c1-11(4-2-7-14)13(17)16-9-6-12-5-3-8-15-10-12/h3,5,8,10-11H,2,4,6-7,9,14H2,1H3,(H,16,17). The zero-order valence-corrected chi connectivity index (χ0v) is 10.4. The molecule has 0 saturated heterocycles. The van der Waals surface area contributed by atoms with E-state index in [-0.39, 0.29) is 11.8 Å². The molecule has 0 bridgehead atoms. The number of hydrogen-bond donors (Lipinski definition) is 2. The van der Waals surface area contributed by atoms with E-state index in [2.05, 4.69) is 10.3 Å². The van der Waals surface area contributed by atoms with E-state index in [4.69, 9.17) is 5.73 Å². The molecule has 0 saturated carbocycles. The van der Waals surface area contributed by atoms with Crippen molar-refractivity contribution < 1.29 is 4.79 Å². The fourth-order valence-corrected chi connectivity index (χ4v) is 1.61. The molecule has 1 heterocycles. The molecule has 1 rings (SSSR count). The first-order valence-electron chi connectivity index (χ1n) is 6.10. The van der Waals surface area contributed by atoms with Gasteiger partial charge >= 0.3 is 0 Å². The number of carbonyl (C=O) groups excluding carboxylic acids is 1. The first-order valence-corrected chi connectivity index (χ1v) is 6.10. The van der Waals surface area contributed by atoms with E-state index in [1.807, 2.05) is 25.3 Å². The number of nitrogens with one attached hydrogen (secondary N) is 1. The fraction of sp³-hybridized carbons (Fsp3) is 0.538. The van der Waals surface area contributed by atoms with E-state index in [0.29, 0.717) is 13.1 Å². The molecule has 4 nitrogen and oxygen atoms in total. The molecule has 1 unspecified atom stereocenters. The lowest BCUT2D eigenvalue weighted by atomic mass is 10.0. The Balaban J connectivity index is 2.20. The van der Waals surface area contributed by atoms with Crippen LogP contribution in [0.1, 0.15) is 25.3 Å². The molecule has 1 amide bonds. The normalized spacial score (nSPS) is 12.1. The van der Waals surface area contributed by atoms with Crippen molar-refractivity contribution in [2.24, 2.45) is 11.7 Å². The lowest BCUT2D eigenvalue weighted by molar-refractivity contribution is -0.124. The number of amides is 1. The summed E-state index contributed by atoms with van der Waals surface area (Å²) in [7, 11) is 0. The molecule has 17 heavy (non-hydrogen) atoms. The van der Waals surface area contributed by atoms with Gasteiger partial charge in [-0.3, -0.25) is 9.78 Å². The number of rotatable bonds is 7. The highest BCUT2D eigenvalue weighted by atomic mass is 16.1. The van der Waals surface area contributed by atoms with Gasteiger partial charge in [-0.15, -0.1) is 0 Å². The quantitative estimate of drug-likeness (QED) is 0.744. The topological polar surface area (TPSA) is 68.0 Å². The lowest BCUT2D eigenvalue weighted by Crippen LogP contribution is -2.31. The summed E-state index contributed by atoms with van der Waals surface area (Å²) < 4.78 is 0. The van der Waals surface area contributed by atoms with Crippen LogP contribution in [0.25, 0.3) is 0 Å². The van der Waals surface area contributed by atoms with Gasteiger partial charge in [0.2, 0.25) is 5.91 Å². The summed E-state index contributed by atoms with van der Waals surface area (Å²) in [4.78, 5) is 15.7. The van der Waals surface area contributed by atoms with E-state index >= 15 is 0 Å². The Hall–Kier alpha value is -1.42. The predicted octanol–water partition coefficient (Wildman–Crippen LogP) is 1.12. The minimum Gasteiger partial charge on any atom is -0.356 e. The summed E-state index contributed by atoms with van der Waals surface area (Å²) >= 11 is 0. The highest BCUT2D eigenvalue weighted by Gasteiger charge is 2.10. The summed E-state index contributed by atoms with van der Waals surface area (Å²) in [5.74, 6) is 0.162. The van der Waals surface area contributed by atoms with Crippen molar-refractivity contribution in [2.45, 2.75) is 26.2 Å². The third-order valence-electron chi connectivity index (χ3n) is 2.72. The molecule has 0 aromatic carbocycles. The molecule has 3 N–H and O–H groups in total. The van der Waals surface area contributed by atoms with Gasteiger partial charge in [0.1, 0.15) is 0 Å². The second kappa shape index (κ2) is 7.79. The van der Waals surface area contributed by atoms with Crippen LogP contribution in [0.5, 0.6) is 0 Å². The largest absolute Gasteiger partial charge is 0.356 e. The zero-order valence-electron chi connectivity index (χ0n) is 10.4. The van der Waals surface area contributed by atoms with E-state index in [0.717, 1.165) is 24.8 Å². The minimum absolute atomic E-state index is 0.0486. The summed E-state index contributed by atoms with van der Waals surface area (Å²) in [6.07, 6.45) is 6.15. The summed E-state index contributed by atoms with van der Waals surface area (Å²) in [6, 6.07) is 3.91. The Bertz CT molecular complexity index is 327. The van der Waals surface area contributed by atoms with Gasteiger partial charge in [-0.1, -0.05) is 13.0 Å². The van der Waals surface area contributed by atoms with E-state index in [1.165, 1.54) is 0 Å². The van der Waals surface area contributed by atoms with Gasteiger partial charge in [-0.25, -0.2) is 0 Å². The fourth-order valence-electron chi connectivity index (χ4n) is 1.61. The Morgan fingerprint density at radius 1 is 1.59 bits per heavy atom. The Morgan fingerprint density at radius 3 is 3.06 bits per heavy atom. The maximum atomic E-state index is 11.7. The van der Waals surface area contributed by atoms with E-state index in [9.17, 15) is 4.79 Å². The monoisotopic (exact) mass is 235 g/mol. The first-order chi connectivity index (χ1) is 8.24. The van der Waals surface area contributed by atoms with Gasteiger partial charge in [-0.2, -0.15) is 0 Å². The van der Waals surface area contributed by atoms with Crippen LogP contribution in [0.15, 0.2) is 24.5 Å². The molecule has 1 aromatic rings. The van der Waals surface area contributed by atoms with Gasteiger partial charge in [0.05, 0.1) is 0 Å². The van der Waals surface area contributed by atoms with Crippen LogP contribution in [0.2, 0.25) is 0 Å². The number of pyridine rings is 1. The van der Waals surface area contributed by atoms with Crippen LogP contribution < -0.4 is 11.1 Å². The smallest absolute Gasteiger partial charge is 0.222 e. The van der Waals surface area contributed by atoms with Crippen LogP contribution in [0.4, 0.5) is 0 Å². The molecule has 4 heteroatoms.